The number of para-hydroxylation sites is 1. The molecule has 0 aliphatic rings. The second-order valence-electron chi connectivity index (χ2n) is 6.12. The zero-order valence-electron chi connectivity index (χ0n) is 14.1. The highest BCUT2D eigenvalue weighted by molar-refractivity contribution is 6.42. The molecule has 0 aliphatic heterocycles. The molecule has 132 valence electrons. The molecule has 2 N–H and O–H groups in total. The summed E-state index contributed by atoms with van der Waals surface area (Å²) in [5.41, 5.74) is 1.66. The van der Waals surface area contributed by atoms with Crippen molar-refractivity contribution in [2.24, 2.45) is 5.92 Å². The van der Waals surface area contributed by atoms with Crippen LogP contribution in [0, 0.1) is 5.92 Å². The van der Waals surface area contributed by atoms with Gasteiger partial charge in [-0.15, -0.1) is 0 Å². The molecule has 0 aliphatic carbocycles. The van der Waals surface area contributed by atoms with Crippen LogP contribution in [0.2, 0.25) is 10.0 Å². The van der Waals surface area contributed by atoms with Crippen LogP contribution < -0.4 is 10.6 Å². The highest BCUT2D eigenvalue weighted by Crippen LogP contribution is 2.23. The smallest absolute Gasteiger partial charge is 0.253 e. The fourth-order valence-electron chi connectivity index (χ4n) is 2.21. The Morgan fingerprint density at radius 2 is 1.76 bits per heavy atom. The lowest BCUT2D eigenvalue weighted by Crippen LogP contribution is -2.28. The first-order valence-corrected chi connectivity index (χ1v) is 8.73. The number of carbonyl (C=O) groups is 2. The number of nitrogens with one attached hydrogen (secondary N) is 2. The average Bonchev–Trinajstić information content (AvgIpc) is 2.56. The predicted octanol–water partition coefficient (Wildman–Crippen LogP) is 4.56. The van der Waals surface area contributed by atoms with Crippen molar-refractivity contribution >= 4 is 40.7 Å². The Bertz CT molecular complexity index is 776. The molecular formula is C19H20Cl2N2O2. The van der Waals surface area contributed by atoms with Gasteiger partial charge in [-0.1, -0.05) is 55.2 Å². The van der Waals surface area contributed by atoms with Gasteiger partial charge in [0.25, 0.3) is 5.91 Å². The lowest BCUT2D eigenvalue weighted by atomic mass is 10.1. The minimum absolute atomic E-state index is 0.138. The number of halogens is 2. The van der Waals surface area contributed by atoms with Gasteiger partial charge in [-0.3, -0.25) is 9.59 Å². The Labute approximate surface area is 157 Å². The summed E-state index contributed by atoms with van der Waals surface area (Å²) in [6.45, 7) is 4.61. The molecule has 0 bridgehead atoms. The van der Waals surface area contributed by atoms with Gasteiger partial charge in [0.05, 0.1) is 27.7 Å². The van der Waals surface area contributed by atoms with E-state index in [1.54, 1.807) is 42.5 Å². The standard InChI is InChI=1S/C19H20Cl2N2O2/c1-12(2)11-22-19(25)14-5-3-4-6-17(14)23-18(24)10-13-7-8-15(20)16(21)9-13/h3-9,12H,10-11H2,1-2H3,(H,22,25)(H,23,24). The number of hydrogen-bond acceptors (Lipinski definition) is 2. The van der Waals surface area contributed by atoms with E-state index in [0.29, 0.717) is 33.8 Å². The lowest BCUT2D eigenvalue weighted by molar-refractivity contribution is -0.115. The van der Waals surface area contributed by atoms with Crippen molar-refractivity contribution in [2.45, 2.75) is 20.3 Å². The van der Waals surface area contributed by atoms with Crippen molar-refractivity contribution in [2.75, 3.05) is 11.9 Å². The van der Waals surface area contributed by atoms with Gasteiger partial charge in [-0.25, -0.2) is 0 Å². The molecule has 0 unspecified atom stereocenters. The average molecular weight is 379 g/mol. The van der Waals surface area contributed by atoms with Gasteiger partial charge in [0, 0.05) is 6.54 Å². The first-order chi connectivity index (χ1) is 11.9. The number of benzene rings is 2. The summed E-state index contributed by atoms with van der Waals surface area (Å²) in [6.07, 6.45) is 0.138. The summed E-state index contributed by atoms with van der Waals surface area (Å²) in [4.78, 5) is 24.6. The van der Waals surface area contributed by atoms with Gasteiger partial charge in [0.2, 0.25) is 5.91 Å². The molecule has 25 heavy (non-hydrogen) atoms. The number of anilines is 1. The van der Waals surface area contributed by atoms with Crippen LogP contribution in [-0.2, 0) is 11.2 Å². The molecule has 2 aromatic carbocycles. The van der Waals surface area contributed by atoms with Gasteiger partial charge in [0.15, 0.2) is 0 Å². The highest BCUT2D eigenvalue weighted by atomic mass is 35.5. The SMILES string of the molecule is CC(C)CNC(=O)c1ccccc1NC(=O)Cc1ccc(Cl)c(Cl)c1. The van der Waals surface area contributed by atoms with Crippen LogP contribution in [0.15, 0.2) is 42.5 Å². The van der Waals surface area contributed by atoms with E-state index in [4.69, 9.17) is 23.2 Å². The predicted molar refractivity (Wildman–Crippen MR) is 102 cm³/mol. The van der Waals surface area contributed by atoms with Gasteiger partial charge < -0.3 is 10.6 Å². The molecule has 0 spiro atoms. The normalized spacial score (nSPS) is 10.6. The molecule has 0 saturated carbocycles. The summed E-state index contributed by atoms with van der Waals surface area (Å²) in [5, 5.41) is 6.48. The Kier molecular flexibility index (Phi) is 6.85. The molecule has 4 nitrogen and oxygen atoms in total. The Morgan fingerprint density at radius 3 is 2.44 bits per heavy atom. The Hall–Kier alpha value is -2.04. The van der Waals surface area contributed by atoms with Crippen LogP contribution in [0.5, 0.6) is 0 Å². The van der Waals surface area contributed by atoms with Crippen LogP contribution in [-0.4, -0.2) is 18.4 Å². The van der Waals surface area contributed by atoms with E-state index in [0.717, 1.165) is 5.56 Å². The third kappa shape index (κ3) is 5.76. The maximum absolute atomic E-state index is 12.3. The first kappa shape index (κ1) is 19.3. The minimum Gasteiger partial charge on any atom is -0.352 e. The van der Waals surface area contributed by atoms with E-state index in [-0.39, 0.29) is 18.2 Å². The third-order valence-electron chi connectivity index (χ3n) is 3.47. The molecule has 0 heterocycles. The molecule has 0 atom stereocenters. The molecule has 0 radical (unpaired) electrons. The van der Waals surface area contributed by atoms with Crippen molar-refractivity contribution in [1.29, 1.82) is 0 Å². The molecular weight excluding hydrogens is 359 g/mol. The van der Waals surface area contributed by atoms with E-state index in [2.05, 4.69) is 10.6 Å². The van der Waals surface area contributed by atoms with E-state index in [1.165, 1.54) is 0 Å². The Morgan fingerprint density at radius 1 is 1.04 bits per heavy atom. The van der Waals surface area contributed by atoms with Gasteiger partial charge in [-0.05, 0) is 35.7 Å². The van der Waals surface area contributed by atoms with Crippen molar-refractivity contribution < 1.29 is 9.59 Å². The minimum atomic E-state index is -0.234. The highest BCUT2D eigenvalue weighted by Gasteiger charge is 2.14. The molecule has 0 saturated heterocycles. The molecule has 2 amide bonds. The molecule has 2 aromatic rings. The lowest BCUT2D eigenvalue weighted by Gasteiger charge is -2.12. The molecule has 2 rings (SSSR count). The summed E-state index contributed by atoms with van der Waals surface area (Å²) in [5.74, 6) is -0.0954. The van der Waals surface area contributed by atoms with Crippen molar-refractivity contribution in [1.82, 2.24) is 5.32 Å². The quantitative estimate of drug-likeness (QED) is 0.773. The second-order valence-corrected chi connectivity index (χ2v) is 6.94. The summed E-state index contributed by atoms with van der Waals surface area (Å²) >= 11 is 11.8. The van der Waals surface area contributed by atoms with E-state index in [1.807, 2.05) is 13.8 Å². The number of hydrogen-bond donors (Lipinski definition) is 2. The Balaban J connectivity index is 2.07. The fourth-order valence-corrected chi connectivity index (χ4v) is 2.53. The zero-order valence-corrected chi connectivity index (χ0v) is 15.6. The topological polar surface area (TPSA) is 58.2 Å². The zero-order chi connectivity index (χ0) is 18.4. The number of amides is 2. The van der Waals surface area contributed by atoms with E-state index >= 15 is 0 Å². The van der Waals surface area contributed by atoms with E-state index < -0.39 is 0 Å². The summed E-state index contributed by atoms with van der Waals surface area (Å²) in [7, 11) is 0. The van der Waals surface area contributed by atoms with Crippen molar-refractivity contribution in [3.8, 4) is 0 Å². The first-order valence-electron chi connectivity index (χ1n) is 7.98. The van der Waals surface area contributed by atoms with Crippen molar-refractivity contribution in [3.63, 3.8) is 0 Å². The van der Waals surface area contributed by atoms with Crippen molar-refractivity contribution in [3.05, 3.63) is 63.6 Å². The molecule has 0 fully saturated rings. The van der Waals surface area contributed by atoms with Crippen LogP contribution >= 0.6 is 23.2 Å². The van der Waals surface area contributed by atoms with E-state index in [9.17, 15) is 9.59 Å². The van der Waals surface area contributed by atoms with Crippen LogP contribution in [0.1, 0.15) is 29.8 Å². The van der Waals surface area contributed by atoms with Crippen LogP contribution in [0.3, 0.4) is 0 Å². The number of carbonyl (C=O) groups excluding carboxylic acids is 2. The largest absolute Gasteiger partial charge is 0.352 e. The maximum Gasteiger partial charge on any atom is 0.253 e. The maximum atomic E-state index is 12.3. The number of rotatable bonds is 6. The molecule has 6 heteroatoms. The second kappa shape index (κ2) is 8.88. The van der Waals surface area contributed by atoms with Crippen LogP contribution in [0.4, 0.5) is 5.69 Å². The van der Waals surface area contributed by atoms with Gasteiger partial charge >= 0.3 is 0 Å². The van der Waals surface area contributed by atoms with Gasteiger partial charge in [0.1, 0.15) is 0 Å². The third-order valence-corrected chi connectivity index (χ3v) is 4.20. The fraction of sp³-hybridized carbons (Fsp3) is 0.263. The monoisotopic (exact) mass is 378 g/mol. The summed E-state index contributed by atoms with van der Waals surface area (Å²) in [6, 6.07) is 12.0. The van der Waals surface area contributed by atoms with Crippen LogP contribution in [0.25, 0.3) is 0 Å². The summed E-state index contributed by atoms with van der Waals surface area (Å²) < 4.78 is 0. The molecule has 0 aromatic heterocycles. The van der Waals surface area contributed by atoms with Gasteiger partial charge in [-0.2, -0.15) is 0 Å².